The number of fused-ring (bicyclic) bond motifs is 3. The summed E-state index contributed by atoms with van der Waals surface area (Å²) in [6.45, 7) is 0. The van der Waals surface area contributed by atoms with E-state index in [-0.39, 0.29) is 12.4 Å². The van der Waals surface area contributed by atoms with Crippen LogP contribution in [-0.4, -0.2) is 24.1 Å². The maximum atomic E-state index is 14.1. The Labute approximate surface area is 140 Å². The highest BCUT2D eigenvalue weighted by atomic mass is 35.5. The van der Waals surface area contributed by atoms with E-state index in [1.165, 1.54) is 0 Å². The van der Waals surface area contributed by atoms with Gasteiger partial charge in [-0.15, -0.1) is 12.4 Å². The largest absolute Gasteiger partial charge is 0.420 e. The summed E-state index contributed by atoms with van der Waals surface area (Å²) < 4.78 is 86.4. The van der Waals surface area contributed by atoms with E-state index in [0.29, 0.717) is 0 Å². The Morgan fingerprint density at radius 1 is 1.00 bits per heavy atom. The van der Waals surface area contributed by atoms with Crippen LogP contribution in [0.15, 0.2) is 4.79 Å². The molecule has 1 aliphatic heterocycles. The number of carbonyl (C=O) groups excluding carboxylic acids is 1. The summed E-state index contributed by atoms with van der Waals surface area (Å²) >= 11 is 0. The van der Waals surface area contributed by atoms with Gasteiger partial charge in [-0.3, -0.25) is 4.79 Å². The van der Waals surface area contributed by atoms with Crippen molar-refractivity contribution >= 4 is 29.1 Å². The molecule has 1 aromatic carbocycles. The van der Waals surface area contributed by atoms with Crippen molar-refractivity contribution in [1.82, 2.24) is 10.3 Å². The molecule has 5 nitrogen and oxygen atoms in total. The minimum absolute atomic E-state index is 0. The highest BCUT2D eigenvalue weighted by Crippen LogP contribution is 2.42. The Bertz CT molecular complexity index is 961. The van der Waals surface area contributed by atoms with Crippen LogP contribution in [0.2, 0.25) is 0 Å². The molecule has 0 spiro atoms. The van der Waals surface area contributed by atoms with E-state index in [0.717, 1.165) is 7.05 Å². The van der Waals surface area contributed by atoms with Crippen molar-refractivity contribution in [3.8, 4) is 0 Å². The first-order chi connectivity index (χ1) is 11.1. The SMILES string of the molecule is CN[C@H]1c2c([nH]c(=O)c3c(F)c(F)c(F)c(F)c23)C(=O)OC1(F)F.Cl. The lowest BCUT2D eigenvalue weighted by atomic mass is 9.94. The number of likely N-dealkylation sites (N-methyl/N-ethyl adjacent to an activating group) is 1. The quantitative estimate of drug-likeness (QED) is 0.341. The molecule has 25 heavy (non-hydrogen) atoms. The molecule has 3 rings (SSSR count). The minimum atomic E-state index is -4.21. The smallest absolute Gasteiger partial charge is 0.395 e. The number of ether oxygens (including phenoxy) is 1. The van der Waals surface area contributed by atoms with Crippen LogP contribution in [0.5, 0.6) is 0 Å². The topological polar surface area (TPSA) is 71.2 Å². The number of aromatic nitrogens is 1. The summed E-state index contributed by atoms with van der Waals surface area (Å²) in [5, 5.41) is -0.578. The molecule has 0 unspecified atom stereocenters. The van der Waals surface area contributed by atoms with Gasteiger partial charge in [-0.05, 0) is 7.05 Å². The number of hydrogen-bond acceptors (Lipinski definition) is 4. The zero-order valence-electron chi connectivity index (χ0n) is 12.0. The molecule has 2 N–H and O–H groups in total. The number of alkyl halides is 2. The average Bonchev–Trinajstić information content (AvgIpc) is 2.50. The third-order valence-corrected chi connectivity index (χ3v) is 3.62. The maximum absolute atomic E-state index is 14.1. The normalized spacial score (nSPS) is 18.5. The van der Waals surface area contributed by atoms with Crippen molar-refractivity contribution in [3.63, 3.8) is 0 Å². The zero-order valence-corrected chi connectivity index (χ0v) is 12.8. The number of carbonyl (C=O) groups is 1. The number of halogens is 7. The zero-order chi connectivity index (χ0) is 18.0. The van der Waals surface area contributed by atoms with Gasteiger partial charge < -0.3 is 15.0 Å². The van der Waals surface area contributed by atoms with Gasteiger partial charge in [-0.1, -0.05) is 0 Å². The lowest BCUT2D eigenvalue weighted by Crippen LogP contribution is -2.45. The molecule has 2 aromatic rings. The van der Waals surface area contributed by atoms with Crippen molar-refractivity contribution < 1.29 is 35.9 Å². The van der Waals surface area contributed by atoms with Gasteiger partial charge in [-0.25, -0.2) is 22.4 Å². The number of esters is 1. The molecule has 0 bridgehead atoms. The lowest BCUT2D eigenvalue weighted by molar-refractivity contribution is -0.226. The first kappa shape index (κ1) is 19.1. The Morgan fingerprint density at radius 3 is 2.04 bits per heavy atom. The predicted molar refractivity (Wildman–Crippen MR) is 73.8 cm³/mol. The Morgan fingerprint density at radius 2 is 1.52 bits per heavy atom. The molecule has 2 heterocycles. The molecule has 1 aliphatic rings. The number of cyclic esters (lactones) is 1. The molecular formula is C13H7ClF6N2O3. The molecule has 0 fully saturated rings. The first-order valence-corrected chi connectivity index (χ1v) is 6.32. The summed E-state index contributed by atoms with van der Waals surface area (Å²) in [5.41, 5.74) is -3.36. The third-order valence-electron chi connectivity index (χ3n) is 3.62. The fourth-order valence-electron chi connectivity index (χ4n) is 2.63. The second kappa shape index (κ2) is 5.92. The summed E-state index contributed by atoms with van der Waals surface area (Å²) in [5.74, 6) is -10.5. The van der Waals surface area contributed by atoms with Gasteiger partial charge in [0.05, 0.1) is 5.39 Å². The summed E-state index contributed by atoms with van der Waals surface area (Å²) in [4.78, 5) is 25.2. The van der Waals surface area contributed by atoms with Crippen LogP contribution >= 0.6 is 12.4 Å². The maximum Gasteiger partial charge on any atom is 0.420 e. The van der Waals surface area contributed by atoms with Gasteiger partial charge in [0, 0.05) is 10.9 Å². The van der Waals surface area contributed by atoms with Gasteiger partial charge in [0.15, 0.2) is 23.3 Å². The molecule has 12 heteroatoms. The van der Waals surface area contributed by atoms with E-state index in [2.05, 4.69) is 4.74 Å². The van der Waals surface area contributed by atoms with Crippen LogP contribution in [-0.2, 0) is 4.74 Å². The van der Waals surface area contributed by atoms with E-state index in [9.17, 15) is 35.9 Å². The van der Waals surface area contributed by atoms with Gasteiger partial charge in [0.1, 0.15) is 11.7 Å². The molecule has 0 saturated carbocycles. The van der Waals surface area contributed by atoms with Crippen LogP contribution in [0.25, 0.3) is 10.8 Å². The number of H-pyrrole nitrogens is 1. The summed E-state index contributed by atoms with van der Waals surface area (Å²) in [6, 6.07) is -2.23. The van der Waals surface area contributed by atoms with E-state index in [1.807, 2.05) is 5.32 Å². The van der Waals surface area contributed by atoms with Crippen molar-refractivity contribution in [3.05, 3.63) is 44.9 Å². The van der Waals surface area contributed by atoms with E-state index in [4.69, 9.17) is 0 Å². The monoisotopic (exact) mass is 388 g/mol. The average molecular weight is 389 g/mol. The van der Waals surface area contributed by atoms with Gasteiger partial charge >= 0.3 is 12.1 Å². The van der Waals surface area contributed by atoms with Crippen LogP contribution < -0.4 is 10.9 Å². The van der Waals surface area contributed by atoms with Crippen molar-refractivity contribution in [1.29, 1.82) is 0 Å². The van der Waals surface area contributed by atoms with Crippen LogP contribution in [0.1, 0.15) is 22.1 Å². The van der Waals surface area contributed by atoms with E-state index >= 15 is 0 Å². The Kier molecular flexibility index (Phi) is 4.51. The number of pyridine rings is 1. The molecule has 1 aromatic heterocycles. The molecule has 0 aliphatic carbocycles. The predicted octanol–water partition coefficient (Wildman–Crippen LogP) is 2.53. The highest BCUT2D eigenvalue weighted by molar-refractivity contribution is 5.98. The van der Waals surface area contributed by atoms with Crippen LogP contribution in [0.4, 0.5) is 26.3 Å². The number of nitrogens with one attached hydrogen (secondary N) is 2. The molecule has 136 valence electrons. The molecule has 0 saturated heterocycles. The highest BCUT2D eigenvalue weighted by Gasteiger charge is 2.52. The molecule has 0 radical (unpaired) electrons. The summed E-state index contributed by atoms with van der Waals surface area (Å²) in [6.07, 6.45) is -4.21. The van der Waals surface area contributed by atoms with Gasteiger partial charge in [0.2, 0.25) is 0 Å². The third kappa shape index (κ3) is 2.45. The Balaban J connectivity index is 0.00000225. The van der Waals surface area contributed by atoms with Crippen LogP contribution in [0, 0.1) is 23.3 Å². The standard InChI is InChI=1S/C13H6F6N2O3.ClH/c1-20-10-4-2-3(6(15)8(17)7(16)5(2)14)11(22)21-9(4)12(23)24-13(10,18)19;/h10,20H,1H3,(H,21,22);1H/t10-;/m0./s1. The minimum Gasteiger partial charge on any atom is -0.395 e. The lowest BCUT2D eigenvalue weighted by Gasteiger charge is -2.32. The second-order valence-electron chi connectivity index (χ2n) is 4.92. The summed E-state index contributed by atoms with van der Waals surface area (Å²) in [7, 11) is 0.979. The van der Waals surface area contributed by atoms with Gasteiger partial charge in [-0.2, -0.15) is 8.78 Å². The van der Waals surface area contributed by atoms with Gasteiger partial charge in [0.25, 0.3) is 5.56 Å². The van der Waals surface area contributed by atoms with Crippen molar-refractivity contribution in [2.24, 2.45) is 0 Å². The second-order valence-corrected chi connectivity index (χ2v) is 4.92. The van der Waals surface area contributed by atoms with Crippen molar-refractivity contribution in [2.75, 3.05) is 7.05 Å². The van der Waals surface area contributed by atoms with Crippen LogP contribution in [0.3, 0.4) is 0 Å². The fourth-order valence-corrected chi connectivity index (χ4v) is 2.63. The number of aromatic amines is 1. The van der Waals surface area contributed by atoms with E-state index in [1.54, 1.807) is 4.98 Å². The molecule has 1 atom stereocenters. The van der Waals surface area contributed by atoms with E-state index < -0.39 is 69.0 Å². The molecule has 0 amide bonds. The fraction of sp³-hybridized carbons (Fsp3) is 0.231. The van der Waals surface area contributed by atoms with Crippen molar-refractivity contribution in [2.45, 2.75) is 12.2 Å². The number of rotatable bonds is 1. The first-order valence-electron chi connectivity index (χ1n) is 6.32. The Hall–Kier alpha value is -2.27. The molecular weight excluding hydrogens is 382 g/mol. The number of benzene rings is 1. The number of hydrogen-bond donors (Lipinski definition) is 2.